The average molecular weight is 267 g/mol. The minimum Gasteiger partial charge on any atom is -0.494 e. The molecule has 0 radical (unpaired) electrons. The van der Waals surface area contributed by atoms with Crippen LogP contribution >= 0.6 is 0 Å². The van der Waals surface area contributed by atoms with Crippen molar-refractivity contribution in [1.29, 1.82) is 0 Å². The number of rotatable bonds is 8. The Morgan fingerprint density at radius 2 is 2.16 bits per heavy atom. The van der Waals surface area contributed by atoms with Gasteiger partial charge in [0.1, 0.15) is 0 Å². The lowest BCUT2D eigenvalue weighted by atomic mass is 10.2. The van der Waals surface area contributed by atoms with Crippen molar-refractivity contribution in [2.75, 3.05) is 20.3 Å². The van der Waals surface area contributed by atoms with E-state index in [0.717, 1.165) is 31.5 Å². The summed E-state index contributed by atoms with van der Waals surface area (Å²) in [6, 6.07) is 5.80. The third-order valence-electron chi connectivity index (χ3n) is 3.52. The van der Waals surface area contributed by atoms with E-state index < -0.39 is 0 Å². The molecule has 19 heavy (non-hydrogen) atoms. The van der Waals surface area contributed by atoms with E-state index in [1.807, 2.05) is 6.07 Å². The number of hydrogen-bond acceptors (Lipinski definition) is 3. The summed E-state index contributed by atoms with van der Waals surface area (Å²) in [5.74, 6) is -0.00638. The molecule has 0 aromatic heterocycles. The van der Waals surface area contributed by atoms with E-state index in [1.54, 1.807) is 12.1 Å². The van der Waals surface area contributed by atoms with Gasteiger partial charge in [-0.3, -0.25) is 4.90 Å². The fraction of sp³-hybridized carbons (Fsp3) is 0.600. The number of ether oxygens (including phenoxy) is 1. The summed E-state index contributed by atoms with van der Waals surface area (Å²) < 4.78 is 18.6. The van der Waals surface area contributed by atoms with Gasteiger partial charge in [-0.15, -0.1) is 0 Å². The topological polar surface area (TPSA) is 32.7 Å². The lowest BCUT2D eigenvalue weighted by Gasteiger charge is -2.22. The van der Waals surface area contributed by atoms with Crippen LogP contribution < -0.4 is 4.74 Å². The predicted octanol–water partition coefficient (Wildman–Crippen LogP) is 2.57. The summed E-state index contributed by atoms with van der Waals surface area (Å²) in [5.41, 5.74) is 0.981. The first kappa shape index (κ1) is 14.3. The summed E-state index contributed by atoms with van der Waals surface area (Å²) in [6.45, 7) is 1.99. The van der Waals surface area contributed by atoms with Crippen LogP contribution in [-0.2, 0) is 6.54 Å². The molecule has 0 unspecified atom stereocenters. The lowest BCUT2D eigenvalue weighted by Crippen LogP contribution is -2.26. The van der Waals surface area contributed by atoms with Crippen molar-refractivity contribution in [3.63, 3.8) is 0 Å². The van der Waals surface area contributed by atoms with E-state index in [2.05, 4.69) is 4.90 Å². The van der Waals surface area contributed by atoms with Gasteiger partial charge in [-0.05, 0) is 49.9 Å². The van der Waals surface area contributed by atoms with Crippen molar-refractivity contribution in [3.05, 3.63) is 29.6 Å². The molecule has 106 valence electrons. The molecule has 0 saturated heterocycles. The van der Waals surface area contributed by atoms with Crippen LogP contribution in [-0.4, -0.2) is 36.3 Å². The zero-order valence-electron chi connectivity index (χ0n) is 11.4. The first-order chi connectivity index (χ1) is 9.24. The van der Waals surface area contributed by atoms with Crippen LogP contribution in [0.1, 0.15) is 31.2 Å². The maximum Gasteiger partial charge on any atom is 0.165 e. The molecule has 1 aliphatic carbocycles. The minimum absolute atomic E-state index is 0.246. The highest BCUT2D eigenvalue weighted by Gasteiger charge is 2.28. The zero-order chi connectivity index (χ0) is 13.7. The second kappa shape index (κ2) is 6.87. The maximum atomic E-state index is 13.6. The molecule has 1 aromatic carbocycles. The van der Waals surface area contributed by atoms with Gasteiger partial charge in [0.15, 0.2) is 11.6 Å². The Bertz CT molecular complexity index is 407. The molecule has 0 heterocycles. The minimum atomic E-state index is -0.300. The van der Waals surface area contributed by atoms with Crippen LogP contribution in [0.3, 0.4) is 0 Å². The number of aliphatic hydroxyl groups is 1. The van der Waals surface area contributed by atoms with Gasteiger partial charge in [0.2, 0.25) is 0 Å². The third-order valence-corrected chi connectivity index (χ3v) is 3.52. The van der Waals surface area contributed by atoms with Gasteiger partial charge in [-0.1, -0.05) is 6.07 Å². The fourth-order valence-electron chi connectivity index (χ4n) is 2.30. The second-order valence-electron chi connectivity index (χ2n) is 5.10. The van der Waals surface area contributed by atoms with E-state index in [9.17, 15) is 4.39 Å². The van der Waals surface area contributed by atoms with Gasteiger partial charge in [0.05, 0.1) is 7.11 Å². The van der Waals surface area contributed by atoms with Crippen molar-refractivity contribution in [1.82, 2.24) is 4.90 Å². The molecule has 0 spiro atoms. The molecule has 1 aromatic rings. The van der Waals surface area contributed by atoms with Crippen LogP contribution in [0.2, 0.25) is 0 Å². The number of hydrogen-bond donors (Lipinski definition) is 1. The van der Waals surface area contributed by atoms with Gasteiger partial charge in [0.25, 0.3) is 0 Å². The second-order valence-corrected chi connectivity index (χ2v) is 5.10. The molecule has 0 aliphatic heterocycles. The maximum absolute atomic E-state index is 13.6. The Labute approximate surface area is 114 Å². The largest absolute Gasteiger partial charge is 0.494 e. The van der Waals surface area contributed by atoms with E-state index in [4.69, 9.17) is 9.84 Å². The van der Waals surface area contributed by atoms with E-state index >= 15 is 0 Å². The van der Waals surface area contributed by atoms with Gasteiger partial charge < -0.3 is 9.84 Å². The Morgan fingerprint density at radius 3 is 2.74 bits per heavy atom. The van der Waals surface area contributed by atoms with Crippen LogP contribution in [0.5, 0.6) is 5.75 Å². The zero-order valence-corrected chi connectivity index (χ0v) is 11.4. The molecule has 1 fully saturated rings. The van der Waals surface area contributed by atoms with Gasteiger partial charge in [0, 0.05) is 19.2 Å². The van der Waals surface area contributed by atoms with Gasteiger partial charge in [-0.25, -0.2) is 4.39 Å². The van der Waals surface area contributed by atoms with Crippen LogP contribution in [0.25, 0.3) is 0 Å². The first-order valence-electron chi connectivity index (χ1n) is 6.92. The number of unbranched alkanes of at least 4 members (excludes halogenated alkanes) is 1. The predicted molar refractivity (Wildman–Crippen MR) is 72.7 cm³/mol. The SMILES string of the molecule is COc1ccc(CN(CCCCO)C2CC2)cc1F. The molecular formula is C15H22FNO2. The molecule has 1 aliphatic rings. The highest BCUT2D eigenvalue weighted by atomic mass is 19.1. The number of halogens is 1. The van der Waals surface area contributed by atoms with Gasteiger partial charge >= 0.3 is 0 Å². The molecule has 0 bridgehead atoms. The van der Waals surface area contributed by atoms with Crippen molar-refractivity contribution in [2.45, 2.75) is 38.3 Å². The normalized spacial score (nSPS) is 14.9. The lowest BCUT2D eigenvalue weighted by molar-refractivity contribution is 0.228. The highest BCUT2D eigenvalue weighted by molar-refractivity contribution is 5.29. The number of benzene rings is 1. The highest BCUT2D eigenvalue weighted by Crippen LogP contribution is 2.29. The summed E-state index contributed by atoms with van der Waals surface area (Å²) >= 11 is 0. The van der Waals surface area contributed by atoms with Crippen molar-refractivity contribution in [2.24, 2.45) is 0 Å². The van der Waals surface area contributed by atoms with Crippen LogP contribution in [0, 0.1) is 5.82 Å². The fourth-order valence-corrected chi connectivity index (χ4v) is 2.30. The third kappa shape index (κ3) is 4.18. The van der Waals surface area contributed by atoms with Crippen molar-refractivity contribution in [3.8, 4) is 5.75 Å². The van der Waals surface area contributed by atoms with Gasteiger partial charge in [-0.2, -0.15) is 0 Å². The van der Waals surface area contributed by atoms with Crippen molar-refractivity contribution < 1.29 is 14.2 Å². The molecule has 2 rings (SSSR count). The summed E-state index contributed by atoms with van der Waals surface area (Å²) in [7, 11) is 1.48. The molecule has 3 nitrogen and oxygen atoms in total. The quantitative estimate of drug-likeness (QED) is 0.735. The van der Waals surface area contributed by atoms with E-state index in [1.165, 1.54) is 20.0 Å². The molecule has 4 heteroatoms. The summed E-state index contributed by atoms with van der Waals surface area (Å²) in [6.07, 6.45) is 4.29. The van der Waals surface area contributed by atoms with E-state index in [-0.39, 0.29) is 12.4 Å². The summed E-state index contributed by atoms with van der Waals surface area (Å²) in [5, 5.41) is 8.84. The first-order valence-corrected chi connectivity index (χ1v) is 6.92. The Morgan fingerprint density at radius 1 is 1.37 bits per heavy atom. The van der Waals surface area contributed by atoms with Crippen molar-refractivity contribution >= 4 is 0 Å². The van der Waals surface area contributed by atoms with Crippen LogP contribution in [0.4, 0.5) is 4.39 Å². The average Bonchev–Trinajstić information content (AvgIpc) is 3.22. The Kier molecular flexibility index (Phi) is 5.16. The van der Waals surface area contributed by atoms with E-state index in [0.29, 0.717) is 11.8 Å². The Balaban J connectivity index is 1.94. The molecular weight excluding hydrogens is 245 g/mol. The number of nitrogens with zero attached hydrogens (tertiary/aromatic N) is 1. The Hall–Kier alpha value is -1.13. The molecule has 1 saturated carbocycles. The number of aliphatic hydroxyl groups excluding tert-OH is 1. The number of methoxy groups -OCH3 is 1. The molecule has 1 N–H and O–H groups in total. The monoisotopic (exact) mass is 267 g/mol. The summed E-state index contributed by atoms with van der Waals surface area (Å²) in [4.78, 5) is 2.39. The molecule has 0 atom stereocenters. The van der Waals surface area contributed by atoms with Crippen LogP contribution in [0.15, 0.2) is 18.2 Å². The smallest absolute Gasteiger partial charge is 0.165 e. The molecule has 0 amide bonds. The standard InChI is InChI=1S/C15H22FNO2/c1-19-15-7-4-12(10-14(15)16)11-17(13-5-6-13)8-2-3-9-18/h4,7,10,13,18H,2-3,5-6,8-9,11H2,1H3.